The maximum absolute atomic E-state index is 13.9. The van der Waals surface area contributed by atoms with E-state index >= 15 is 0 Å². The Balaban J connectivity index is 2.63. The molecule has 1 amide bonds. The van der Waals surface area contributed by atoms with Gasteiger partial charge < -0.3 is 25.4 Å². The Labute approximate surface area is 145 Å². The van der Waals surface area contributed by atoms with Crippen molar-refractivity contribution in [3.63, 3.8) is 0 Å². The van der Waals surface area contributed by atoms with Crippen molar-refractivity contribution >= 4 is 12.1 Å². The number of nitrogens with one attached hydrogen (secondary N) is 1. The molecule has 0 aliphatic heterocycles. The van der Waals surface area contributed by atoms with E-state index in [9.17, 15) is 24.2 Å². The van der Waals surface area contributed by atoms with Crippen molar-refractivity contribution in [1.82, 2.24) is 5.32 Å². The Morgan fingerprint density at radius 1 is 1.28 bits per heavy atom. The molecule has 0 aromatic heterocycles. The maximum atomic E-state index is 13.9. The number of rotatable bonds is 7. The minimum atomic E-state index is -1.42. The number of halogens is 1. The van der Waals surface area contributed by atoms with Gasteiger partial charge in [-0.05, 0) is 44.4 Å². The minimum absolute atomic E-state index is 0.0281. The van der Waals surface area contributed by atoms with Gasteiger partial charge in [0.2, 0.25) is 0 Å². The summed E-state index contributed by atoms with van der Waals surface area (Å²) in [6.07, 6.45) is -3.70. The first-order chi connectivity index (χ1) is 11.5. The zero-order valence-corrected chi connectivity index (χ0v) is 14.5. The Morgan fingerprint density at radius 3 is 2.44 bits per heavy atom. The second-order valence-electron chi connectivity index (χ2n) is 6.64. The lowest BCUT2D eigenvalue weighted by molar-refractivity contribution is -0.136. The van der Waals surface area contributed by atoms with Crippen LogP contribution in [0, 0.1) is 5.82 Å². The zero-order chi connectivity index (χ0) is 19.2. The van der Waals surface area contributed by atoms with Gasteiger partial charge in [-0.2, -0.15) is 0 Å². The number of hydrogen-bond acceptors (Lipinski definition) is 5. The van der Waals surface area contributed by atoms with E-state index in [0.717, 1.165) is 6.07 Å². The van der Waals surface area contributed by atoms with E-state index in [4.69, 9.17) is 9.84 Å². The predicted molar refractivity (Wildman–Crippen MR) is 87.6 cm³/mol. The number of aliphatic hydroxyl groups is 2. The first-order valence-corrected chi connectivity index (χ1v) is 7.82. The molecule has 1 aromatic carbocycles. The van der Waals surface area contributed by atoms with Crippen molar-refractivity contribution < 1.29 is 34.0 Å². The smallest absolute Gasteiger partial charge is 0.407 e. The van der Waals surface area contributed by atoms with Gasteiger partial charge in [-0.3, -0.25) is 4.79 Å². The van der Waals surface area contributed by atoms with Gasteiger partial charge in [-0.15, -0.1) is 0 Å². The summed E-state index contributed by atoms with van der Waals surface area (Å²) < 4.78 is 19.0. The molecule has 0 saturated heterocycles. The van der Waals surface area contributed by atoms with Crippen LogP contribution in [0.15, 0.2) is 18.2 Å². The van der Waals surface area contributed by atoms with Crippen LogP contribution in [0.2, 0.25) is 0 Å². The van der Waals surface area contributed by atoms with Crippen molar-refractivity contribution in [2.75, 3.05) is 6.54 Å². The lowest BCUT2D eigenvalue weighted by atomic mass is 10.0. The Bertz CT molecular complexity index is 614. The van der Waals surface area contributed by atoms with Crippen molar-refractivity contribution in [1.29, 1.82) is 0 Å². The van der Waals surface area contributed by atoms with Crippen LogP contribution in [0.3, 0.4) is 0 Å². The molecule has 0 radical (unpaired) electrons. The van der Waals surface area contributed by atoms with E-state index in [0.29, 0.717) is 0 Å². The van der Waals surface area contributed by atoms with E-state index in [-0.39, 0.29) is 30.5 Å². The molecule has 0 saturated carbocycles. The number of benzene rings is 1. The van der Waals surface area contributed by atoms with Gasteiger partial charge in [0, 0.05) is 13.0 Å². The van der Waals surface area contributed by atoms with Crippen LogP contribution in [-0.4, -0.2) is 45.6 Å². The number of carboxylic acid groups (broad SMARTS) is 1. The van der Waals surface area contributed by atoms with E-state index in [1.54, 1.807) is 20.8 Å². The van der Waals surface area contributed by atoms with Crippen LogP contribution in [0.5, 0.6) is 0 Å². The monoisotopic (exact) mass is 357 g/mol. The highest BCUT2D eigenvalue weighted by atomic mass is 19.1. The van der Waals surface area contributed by atoms with Crippen molar-refractivity contribution in [3.8, 4) is 0 Å². The highest BCUT2D eigenvalue weighted by Crippen LogP contribution is 2.21. The SMILES string of the molecule is CC(C)(C)OC(=O)NCC(O)C(O)c1ccc(CCC(=O)O)c(F)c1. The molecule has 2 atom stereocenters. The van der Waals surface area contributed by atoms with Gasteiger partial charge in [0.05, 0.1) is 0 Å². The molecule has 140 valence electrons. The molecule has 2 unspecified atom stereocenters. The summed E-state index contributed by atoms with van der Waals surface area (Å²) in [5, 5.41) is 30.9. The summed E-state index contributed by atoms with van der Waals surface area (Å²) in [5.74, 6) is -1.70. The molecule has 4 N–H and O–H groups in total. The van der Waals surface area contributed by atoms with Gasteiger partial charge in [0.1, 0.15) is 23.6 Å². The lowest BCUT2D eigenvalue weighted by Gasteiger charge is -2.22. The number of amides is 1. The van der Waals surface area contributed by atoms with Crippen LogP contribution < -0.4 is 5.32 Å². The van der Waals surface area contributed by atoms with Gasteiger partial charge in [0.25, 0.3) is 0 Å². The Morgan fingerprint density at radius 2 is 1.92 bits per heavy atom. The van der Waals surface area contributed by atoms with Crippen molar-refractivity contribution in [3.05, 3.63) is 35.1 Å². The average Bonchev–Trinajstić information content (AvgIpc) is 2.48. The van der Waals surface area contributed by atoms with Crippen molar-refractivity contribution in [2.45, 2.75) is 51.4 Å². The van der Waals surface area contributed by atoms with E-state index in [1.807, 2.05) is 0 Å². The number of carboxylic acids is 1. The van der Waals surface area contributed by atoms with E-state index < -0.39 is 35.7 Å². The number of hydrogen-bond donors (Lipinski definition) is 4. The normalized spacial score (nSPS) is 13.8. The number of aliphatic carboxylic acids is 1. The van der Waals surface area contributed by atoms with Crippen LogP contribution in [0.25, 0.3) is 0 Å². The fraction of sp³-hybridized carbons (Fsp3) is 0.529. The summed E-state index contributed by atoms with van der Waals surface area (Å²) in [4.78, 5) is 22.0. The van der Waals surface area contributed by atoms with Gasteiger partial charge in [0.15, 0.2) is 0 Å². The third-order valence-electron chi connectivity index (χ3n) is 3.25. The van der Waals surface area contributed by atoms with E-state index in [2.05, 4.69) is 5.32 Å². The summed E-state index contributed by atoms with van der Waals surface area (Å²) in [6, 6.07) is 3.81. The average molecular weight is 357 g/mol. The molecular weight excluding hydrogens is 333 g/mol. The lowest BCUT2D eigenvalue weighted by Crippen LogP contribution is -2.38. The number of aliphatic hydroxyl groups excluding tert-OH is 2. The summed E-state index contributed by atoms with van der Waals surface area (Å²) in [7, 11) is 0. The number of alkyl carbamates (subject to hydrolysis) is 1. The van der Waals surface area contributed by atoms with Crippen molar-refractivity contribution in [2.24, 2.45) is 0 Å². The summed E-state index contributed by atoms with van der Waals surface area (Å²) in [6.45, 7) is 4.78. The molecule has 8 heteroatoms. The number of aryl methyl sites for hydroxylation is 1. The molecule has 0 aliphatic carbocycles. The number of carbonyl (C=O) groups excluding carboxylic acids is 1. The van der Waals surface area contributed by atoms with Gasteiger partial charge in [-0.1, -0.05) is 12.1 Å². The highest BCUT2D eigenvalue weighted by molar-refractivity contribution is 5.67. The zero-order valence-electron chi connectivity index (χ0n) is 14.5. The number of ether oxygens (including phenoxy) is 1. The Hall–Kier alpha value is -2.19. The molecule has 7 nitrogen and oxygen atoms in total. The van der Waals surface area contributed by atoms with Crippen LogP contribution >= 0.6 is 0 Å². The number of carbonyl (C=O) groups is 2. The second-order valence-corrected chi connectivity index (χ2v) is 6.64. The largest absolute Gasteiger partial charge is 0.481 e. The van der Waals surface area contributed by atoms with Gasteiger partial charge >= 0.3 is 12.1 Å². The first-order valence-electron chi connectivity index (χ1n) is 7.82. The Kier molecular flexibility index (Phi) is 7.32. The fourth-order valence-electron chi connectivity index (χ4n) is 2.03. The summed E-state index contributed by atoms with van der Waals surface area (Å²) in [5.41, 5.74) is -0.363. The highest BCUT2D eigenvalue weighted by Gasteiger charge is 2.22. The third kappa shape index (κ3) is 7.49. The summed E-state index contributed by atoms with van der Waals surface area (Å²) >= 11 is 0. The maximum Gasteiger partial charge on any atom is 0.407 e. The molecule has 25 heavy (non-hydrogen) atoms. The van der Waals surface area contributed by atoms with Crippen LogP contribution in [0.1, 0.15) is 44.4 Å². The molecule has 0 bridgehead atoms. The first kappa shape index (κ1) is 20.9. The fourth-order valence-corrected chi connectivity index (χ4v) is 2.03. The van der Waals surface area contributed by atoms with Crippen LogP contribution in [-0.2, 0) is 16.0 Å². The molecule has 1 rings (SSSR count). The standard InChI is InChI=1S/C17H24FNO6/c1-17(2,3)25-16(24)19-9-13(20)15(23)11-5-4-10(12(18)8-11)6-7-14(21)22/h4-5,8,13,15,20,23H,6-7,9H2,1-3H3,(H,19,24)(H,21,22). The van der Waals surface area contributed by atoms with Gasteiger partial charge in [-0.25, -0.2) is 9.18 Å². The topological polar surface area (TPSA) is 116 Å². The molecule has 1 aromatic rings. The predicted octanol–water partition coefficient (Wildman–Crippen LogP) is 1.76. The molecule has 0 fully saturated rings. The minimum Gasteiger partial charge on any atom is -0.481 e. The molecular formula is C17H24FNO6. The molecule has 0 aliphatic rings. The third-order valence-corrected chi connectivity index (χ3v) is 3.25. The molecule has 0 heterocycles. The van der Waals surface area contributed by atoms with Crippen LogP contribution in [0.4, 0.5) is 9.18 Å². The van der Waals surface area contributed by atoms with E-state index in [1.165, 1.54) is 12.1 Å². The molecule has 0 spiro atoms. The quantitative estimate of drug-likeness (QED) is 0.591. The second kappa shape index (κ2) is 8.77.